The van der Waals surface area contributed by atoms with Gasteiger partial charge in [-0.2, -0.15) is 0 Å². The molecule has 0 radical (unpaired) electrons. The van der Waals surface area contributed by atoms with Crippen molar-refractivity contribution in [2.75, 3.05) is 79.7 Å². The Bertz CT molecular complexity index is 812. The number of esters is 2. The summed E-state index contributed by atoms with van der Waals surface area (Å²) >= 11 is 0. The smallest absolute Gasteiger partial charge is 0.325 e. The van der Waals surface area contributed by atoms with Gasteiger partial charge in [-0.15, -0.1) is 0 Å². The van der Waals surface area contributed by atoms with E-state index in [1.165, 1.54) is 0 Å². The Labute approximate surface area is 218 Å². The number of carbonyl (C=O) groups excluding carboxylic acids is 8. The molecule has 0 aromatic rings. The highest BCUT2D eigenvalue weighted by Crippen LogP contribution is 1.93. The molecular weight excluding hydrogens is 512 g/mol. The van der Waals surface area contributed by atoms with Crippen LogP contribution in [-0.4, -0.2) is 137 Å². The van der Waals surface area contributed by atoms with E-state index in [1.54, 1.807) is 0 Å². The molecule has 214 valence electrons. The molecule has 0 rings (SSSR count). The molecule has 0 unspecified atom stereocenters. The second-order valence-electron chi connectivity index (χ2n) is 7.31. The molecule has 8 N–H and O–H groups in total. The highest BCUT2D eigenvalue weighted by molar-refractivity contribution is 5.92. The number of hydrogen-bond donors (Lipinski definition) is 6. The maximum atomic E-state index is 12.3. The fraction of sp³-hybridized carbons (Fsp3) is 0.600. The van der Waals surface area contributed by atoms with E-state index in [1.807, 2.05) is 0 Å². The Kier molecular flexibility index (Phi) is 16.7. The quantitative estimate of drug-likeness (QED) is 0.0734. The molecule has 0 spiro atoms. The fourth-order valence-corrected chi connectivity index (χ4v) is 2.48. The summed E-state index contributed by atoms with van der Waals surface area (Å²) in [5.41, 5.74) is 10.3. The lowest BCUT2D eigenvalue weighted by Crippen LogP contribution is -2.49. The van der Waals surface area contributed by atoms with Gasteiger partial charge in [0.2, 0.25) is 35.4 Å². The number of nitrogens with two attached hydrogens (primary N) is 2. The molecule has 0 aromatic carbocycles. The van der Waals surface area contributed by atoms with E-state index in [0.717, 1.165) is 24.0 Å². The van der Waals surface area contributed by atoms with E-state index in [-0.39, 0.29) is 26.2 Å². The molecule has 6 amide bonds. The van der Waals surface area contributed by atoms with E-state index < -0.39 is 86.7 Å². The zero-order valence-corrected chi connectivity index (χ0v) is 21.2. The molecule has 18 heteroatoms. The third-order valence-corrected chi connectivity index (χ3v) is 4.48. The zero-order chi connectivity index (χ0) is 29.1. The molecule has 0 fully saturated rings. The van der Waals surface area contributed by atoms with Crippen molar-refractivity contribution in [3.63, 3.8) is 0 Å². The first-order valence-corrected chi connectivity index (χ1v) is 11.1. The Hall–Kier alpha value is -4.32. The molecule has 0 bridgehead atoms. The van der Waals surface area contributed by atoms with E-state index in [0.29, 0.717) is 0 Å². The predicted molar refractivity (Wildman–Crippen MR) is 127 cm³/mol. The first-order valence-electron chi connectivity index (χ1n) is 11.1. The number of methoxy groups -OCH3 is 2. The first-order chi connectivity index (χ1) is 18.0. The largest absolute Gasteiger partial charge is 0.468 e. The number of nitrogens with one attached hydrogen (secondary N) is 4. The number of hydrogen-bond acceptors (Lipinski definition) is 12. The summed E-state index contributed by atoms with van der Waals surface area (Å²) in [5.74, 6) is -5.64. The Balaban J connectivity index is 4.76. The van der Waals surface area contributed by atoms with Crippen LogP contribution in [-0.2, 0) is 47.8 Å². The van der Waals surface area contributed by atoms with Crippen molar-refractivity contribution >= 4 is 47.4 Å². The third-order valence-electron chi connectivity index (χ3n) is 4.48. The second-order valence-corrected chi connectivity index (χ2v) is 7.31. The molecule has 0 heterocycles. The van der Waals surface area contributed by atoms with Gasteiger partial charge in [-0.05, 0) is 0 Å². The first kappa shape index (κ1) is 33.7. The summed E-state index contributed by atoms with van der Waals surface area (Å²) in [6.45, 7) is -4.06. The molecule has 18 nitrogen and oxygen atoms in total. The Morgan fingerprint density at radius 3 is 1.18 bits per heavy atom. The molecule has 0 saturated carbocycles. The fourth-order valence-electron chi connectivity index (χ4n) is 2.48. The van der Waals surface area contributed by atoms with Crippen LogP contribution in [0.15, 0.2) is 0 Å². The molecule has 0 aliphatic heterocycles. The van der Waals surface area contributed by atoms with Gasteiger partial charge >= 0.3 is 11.9 Å². The summed E-state index contributed by atoms with van der Waals surface area (Å²) in [4.78, 5) is 96.3. The predicted octanol–water partition coefficient (Wildman–Crippen LogP) is -6.63. The lowest BCUT2D eigenvalue weighted by atomic mass is 10.3. The van der Waals surface area contributed by atoms with Gasteiger partial charge in [-0.25, -0.2) is 0 Å². The van der Waals surface area contributed by atoms with Gasteiger partial charge in [-0.3, -0.25) is 38.4 Å². The van der Waals surface area contributed by atoms with Crippen molar-refractivity contribution < 1.29 is 47.8 Å². The van der Waals surface area contributed by atoms with Crippen molar-refractivity contribution in [2.24, 2.45) is 11.5 Å². The minimum absolute atomic E-state index is 0.0910. The van der Waals surface area contributed by atoms with Gasteiger partial charge in [0.15, 0.2) is 0 Å². The van der Waals surface area contributed by atoms with Gasteiger partial charge in [0.25, 0.3) is 0 Å². The summed E-state index contributed by atoms with van der Waals surface area (Å²) < 4.78 is 8.99. The van der Waals surface area contributed by atoms with E-state index in [4.69, 9.17) is 11.5 Å². The van der Waals surface area contributed by atoms with E-state index >= 15 is 0 Å². The van der Waals surface area contributed by atoms with Crippen LogP contribution in [0, 0.1) is 0 Å². The average Bonchev–Trinajstić information content (AvgIpc) is 2.90. The minimum atomic E-state index is -0.794. The molecule has 38 heavy (non-hydrogen) atoms. The van der Waals surface area contributed by atoms with Crippen molar-refractivity contribution in [3.05, 3.63) is 0 Å². The third kappa shape index (κ3) is 14.9. The van der Waals surface area contributed by atoms with Crippen LogP contribution in [0.3, 0.4) is 0 Å². The zero-order valence-electron chi connectivity index (χ0n) is 21.2. The maximum absolute atomic E-state index is 12.3. The van der Waals surface area contributed by atoms with Crippen LogP contribution in [0.2, 0.25) is 0 Å². The van der Waals surface area contributed by atoms with Crippen LogP contribution in [0.25, 0.3) is 0 Å². The minimum Gasteiger partial charge on any atom is -0.468 e. The van der Waals surface area contributed by atoms with Crippen molar-refractivity contribution in [1.82, 2.24) is 31.1 Å². The molecule has 0 aliphatic carbocycles. The molecule has 0 atom stereocenters. The lowest BCUT2D eigenvalue weighted by Gasteiger charge is -2.22. The normalized spacial score (nSPS) is 9.89. The Morgan fingerprint density at radius 2 is 0.895 bits per heavy atom. The molecule has 0 saturated heterocycles. The van der Waals surface area contributed by atoms with Crippen molar-refractivity contribution in [3.8, 4) is 0 Å². The van der Waals surface area contributed by atoms with E-state index in [9.17, 15) is 38.4 Å². The molecule has 0 aromatic heterocycles. The van der Waals surface area contributed by atoms with Crippen LogP contribution < -0.4 is 32.7 Å². The van der Waals surface area contributed by atoms with Crippen LogP contribution >= 0.6 is 0 Å². The SMILES string of the molecule is COC(=O)CN(CC(=O)NCCNC(=O)CN(CC(=O)OC)C(=O)CNC(=O)CN)C(=O)CNC(=O)CN. The lowest BCUT2D eigenvalue weighted by molar-refractivity contribution is -0.148. The number of ether oxygens (including phenoxy) is 2. The van der Waals surface area contributed by atoms with Crippen LogP contribution in [0.1, 0.15) is 0 Å². The summed E-state index contributed by atoms with van der Waals surface area (Å²) in [6.07, 6.45) is 0. The van der Waals surface area contributed by atoms with Gasteiger partial charge in [0, 0.05) is 13.1 Å². The number of carbonyl (C=O) groups is 8. The topological polar surface area (TPSA) is 262 Å². The van der Waals surface area contributed by atoms with Gasteiger partial charge in [0.05, 0.1) is 40.4 Å². The summed E-state index contributed by atoms with van der Waals surface area (Å²) in [5, 5.41) is 9.31. The number of nitrogens with zero attached hydrogens (tertiary/aromatic N) is 2. The van der Waals surface area contributed by atoms with Crippen molar-refractivity contribution in [2.45, 2.75) is 0 Å². The maximum Gasteiger partial charge on any atom is 0.325 e. The van der Waals surface area contributed by atoms with Gasteiger partial charge in [0.1, 0.15) is 26.2 Å². The standard InChI is InChI=1S/C20H34N8O10/c1-37-19(35)11-27(17(33)7-25-13(29)5-21)9-15(31)23-3-4-24-16(32)10-28(12-20(36)38-2)18(34)8-26-14(30)6-22/h3-12,21-22H2,1-2H3,(H,23,31)(H,24,32)(H,25,29)(H,26,30). The monoisotopic (exact) mass is 546 g/mol. The highest BCUT2D eigenvalue weighted by Gasteiger charge is 2.22. The van der Waals surface area contributed by atoms with Crippen molar-refractivity contribution in [1.29, 1.82) is 0 Å². The summed E-state index contributed by atoms with van der Waals surface area (Å²) in [7, 11) is 2.19. The Morgan fingerprint density at radius 1 is 0.553 bits per heavy atom. The van der Waals surface area contributed by atoms with Crippen LogP contribution in [0.5, 0.6) is 0 Å². The summed E-state index contributed by atoms with van der Waals surface area (Å²) in [6, 6.07) is 0. The molecular formula is C20H34N8O10. The van der Waals surface area contributed by atoms with Gasteiger partial charge < -0.3 is 52.0 Å². The van der Waals surface area contributed by atoms with Crippen LogP contribution in [0.4, 0.5) is 0 Å². The number of amides is 6. The highest BCUT2D eigenvalue weighted by atomic mass is 16.5. The van der Waals surface area contributed by atoms with Gasteiger partial charge in [-0.1, -0.05) is 0 Å². The second kappa shape index (κ2) is 18.9. The van der Waals surface area contributed by atoms with E-state index in [2.05, 4.69) is 30.7 Å². The number of rotatable bonds is 17. The molecule has 0 aliphatic rings. The average molecular weight is 547 g/mol.